The molecule has 0 aromatic heterocycles. The molecule has 0 aliphatic heterocycles. The second-order valence-corrected chi connectivity index (χ2v) is 6.85. The van der Waals surface area contributed by atoms with Crippen LogP contribution in [-0.4, -0.2) is 15.5 Å². The summed E-state index contributed by atoms with van der Waals surface area (Å²) in [5.41, 5.74) is 8.37. The van der Waals surface area contributed by atoms with E-state index in [-0.39, 0.29) is 11.3 Å². The van der Waals surface area contributed by atoms with Crippen molar-refractivity contribution in [2.24, 2.45) is 11.7 Å². The van der Waals surface area contributed by atoms with Gasteiger partial charge in [0.25, 0.3) is 0 Å². The average molecular weight is 251 g/mol. The predicted octanol–water partition coefficient (Wildman–Crippen LogP) is 2.54. The number of benzene rings is 1. The molecule has 4 unspecified atom stereocenters. The molecule has 1 saturated carbocycles. The van der Waals surface area contributed by atoms with Crippen molar-refractivity contribution in [2.75, 3.05) is 0 Å². The molecule has 0 radical (unpaired) electrons. The molecular weight excluding hydrogens is 230 g/mol. The monoisotopic (exact) mass is 251 g/mol. The van der Waals surface area contributed by atoms with Crippen molar-refractivity contribution in [1.29, 1.82) is 0 Å². The highest BCUT2D eigenvalue weighted by Gasteiger charge is 2.35. The second kappa shape index (κ2) is 4.91. The first-order valence-corrected chi connectivity index (χ1v) is 7.45. The molecule has 0 heterocycles. The van der Waals surface area contributed by atoms with E-state index in [0.29, 0.717) is 5.92 Å². The highest BCUT2D eigenvalue weighted by molar-refractivity contribution is 7.85. The lowest BCUT2D eigenvalue weighted by molar-refractivity contribution is 0.526. The third kappa shape index (κ3) is 2.45. The predicted molar refractivity (Wildman–Crippen MR) is 72.5 cm³/mol. The van der Waals surface area contributed by atoms with Crippen molar-refractivity contribution in [3.63, 3.8) is 0 Å². The van der Waals surface area contributed by atoms with Crippen LogP contribution in [0.3, 0.4) is 0 Å². The third-order valence-corrected chi connectivity index (χ3v) is 5.97. The molecule has 0 bridgehead atoms. The lowest BCUT2D eigenvalue weighted by Crippen LogP contribution is -2.29. The van der Waals surface area contributed by atoms with Gasteiger partial charge in [-0.3, -0.25) is 4.21 Å². The summed E-state index contributed by atoms with van der Waals surface area (Å²) in [5.74, 6) is 0.358. The summed E-state index contributed by atoms with van der Waals surface area (Å²) in [6.07, 6.45) is 1.99. The Balaban J connectivity index is 2.26. The van der Waals surface area contributed by atoms with Gasteiger partial charge < -0.3 is 5.73 Å². The second-order valence-electron chi connectivity index (χ2n) is 5.21. The van der Waals surface area contributed by atoms with Gasteiger partial charge in [0.15, 0.2) is 0 Å². The van der Waals surface area contributed by atoms with Crippen LogP contribution in [0.1, 0.15) is 30.9 Å². The SMILES string of the molecule is Cc1ccc(S(=O)C2CCC(N)C2C)c(C)c1. The highest BCUT2D eigenvalue weighted by atomic mass is 32.2. The molecule has 2 N–H and O–H groups in total. The molecular formula is C14H21NOS. The fraction of sp³-hybridized carbons (Fsp3) is 0.571. The van der Waals surface area contributed by atoms with Gasteiger partial charge in [0, 0.05) is 16.2 Å². The van der Waals surface area contributed by atoms with E-state index in [2.05, 4.69) is 19.9 Å². The Bertz CT molecular complexity index is 444. The summed E-state index contributed by atoms with van der Waals surface area (Å²) >= 11 is 0. The molecule has 1 aliphatic rings. The van der Waals surface area contributed by atoms with Crippen LogP contribution in [0.5, 0.6) is 0 Å². The highest BCUT2D eigenvalue weighted by Crippen LogP contribution is 2.32. The lowest BCUT2D eigenvalue weighted by atomic mass is 10.1. The average Bonchev–Trinajstić information content (AvgIpc) is 2.59. The van der Waals surface area contributed by atoms with Crippen LogP contribution in [0.4, 0.5) is 0 Å². The molecule has 2 nitrogen and oxygen atoms in total. The van der Waals surface area contributed by atoms with Crippen LogP contribution in [0.2, 0.25) is 0 Å². The first-order chi connectivity index (χ1) is 8.00. The van der Waals surface area contributed by atoms with Gasteiger partial charge in [0.2, 0.25) is 0 Å². The molecule has 1 aliphatic carbocycles. The van der Waals surface area contributed by atoms with Crippen molar-refractivity contribution >= 4 is 10.8 Å². The van der Waals surface area contributed by atoms with Gasteiger partial charge in [0.1, 0.15) is 0 Å². The van der Waals surface area contributed by atoms with E-state index in [1.165, 1.54) is 5.56 Å². The maximum absolute atomic E-state index is 12.6. The number of hydrogen-bond donors (Lipinski definition) is 1. The molecule has 94 valence electrons. The van der Waals surface area contributed by atoms with Crippen LogP contribution in [0.25, 0.3) is 0 Å². The van der Waals surface area contributed by atoms with Crippen LogP contribution in [0.15, 0.2) is 23.1 Å². The Labute approximate surface area is 106 Å². The van der Waals surface area contributed by atoms with E-state index >= 15 is 0 Å². The zero-order chi connectivity index (χ0) is 12.6. The van der Waals surface area contributed by atoms with Gasteiger partial charge in [-0.2, -0.15) is 0 Å². The first kappa shape index (κ1) is 12.8. The number of hydrogen-bond acceptors (Lipinski definition) is 2. The third-order valence-electron chi connectivity index (χ3n) is 3.87. The molecule has 0 spiro atoms. The van der Waals surface area contributed by atoms with E-state index in [4.69, 9.17) is 5.73 Å². The number of aryl methyl sites for hydroxylation is 2. The fourth-order valence-electron chi connectivity index (χ4n) is 2.65. The van der Waals surface area contributed by atoms with E-state index in [0.717, 1.165) is 23.3 Å². The molecule has 2 rings (SSSR count). The van der Waals surface area contributed by atoms with Crippen LogP contribution >= 0.6 is 0 Å². The van der Waals surface area contributed by atoms with Crippen molar-refractivity contribution in [3.05, 3.63) is 29.3 Å². The minimum absolute atomic E-state index is 0.217. The maximum atomic E-state index is 12.6. The summed E-state index contributed by atoms with van der Waals surface area (Å²) in [5, 5.41) is 0.228. The van der Waals surface area contributed by atoms with Gasteiger partial charge in [-0.25, -0.2) is 0 Å². The summed E-state index contributed by atoms with van der Waals surface area (Å²) in [6.45, 7) is 6.23. The molecule has 0 saturated heterocycles. The number of nitrogens with two attached hydrogens (primary N) is 1. The van der Waals surface area contributed by atoms with Crippen LogP contribution < -0.4 is 5.73 Å². The van der Waals surface area contributed by atoms with Gasteiger partial charge in [0.05, 0.1) is 10.8 Å². The zero-order valence-electron chi connectivity index (χ0n) is 10.8. The summed E-state index contributed by atoms with van der Waals surface area (Å²) in [4.78, 5) is 0.988. The van der Waals surface area contributed by atoms with Gasteiger partial charge in [-0.1, -0.05) is 24.6 Å². The smallest absolute Gasteiger partial charge is 0.0566 e. The fourth-order valence-corrected chi connectivity index (χ4v) is 4.49. The lowest BCUT2D eigenvalue weighted by Gasteiger charge is -2.18. The Hall–Kier alpha value is -0.670. The quantitative estimate of drug-likeness (QED) is 0.877. The standard InChI is InChI=1S/C14H21NOS/c1-9-4-6-13(10(2)8-9)17(16)14-7-5-12(15)11(14)3/h4,6,8,11-12,14H,5,7,15H2,1-3H3. The van der Waals surface area contributed by atoms with Gasteiger partial charge in [-0.05, 0) is 44.2 Å². The Morgan fingerprint density at radius 2 is 2.00 bits per heavy atom. The zero-order valence-corrected chi connectivity index (χ0v) is 11.6. The molecule has 1 aromatic carbocycles. The normalized spacial score (nSPS) is 30.5. The van der Waals surface area contributed by atoms with Crippen LogP contribution in [0, 0.1) is 19.8 Å². The van der Waals surface area contributed by atoms with Crippen molar-refractivity contribution in [3.8, 4) is 0 Å². The maximum Gasteiger partial charge on any atom is 0.0566 e. The Kier molecular flexibility index (Phi) is 3.69. The van der Waals surface area contributed by atoms with E-state index in [9.17, 15) is 4.21 Å². The number of rotatable bonds is 2. The Morgan fingerprint density at radius 1 is 1.29 bits per heavy atom. The summed E-state index contributed by atoms with van der Waals surface area (Å²) in [6, 6.07) is 6.37. The van der Waals surface area contributed by atoms with E-state index in [1.807, 2.05) is 19.1 Å². The van der Waals surface area contributed by atoms with Gasteiger partial charge in [-0.15, -0.1) is 0 Å². The molecule has 3 heteroatoms. The topological polar surface area (TPSA) is 43.1 Å². The summed E-state index contributed by atoms with van der Waals surface area (Å²) in [7, 11) is -0.909. The van der Waals surface area contributed by atoms with Gasteiger partial charge >= 0.3 is 0 Å². The van der Waals surface area contributed by atoms with E-state index in [1.54, 1.807) is 0 Å². The molecule has 0 amide bonds. The molecule has 1 aromatic rings. The Morgan fingerprint density at radius 3 is 2.53 bits per heavy atom. The summed E-state index contributed by atoms with van der Waals surface area (Å²) < 4.78 is 12.6. The first-order valence-electron chi connectivity index (χ1n) is 6.24. The van der Waals surface area contributed by atoms with Crippen molar-refractivity contribution < 1.29 is 4.21 Å². The molecule has 1 fully saturated rings. The minimum Gasteiger partial charge on any atom is -0.327 e. The van der Waals surface area contributed by atoms with Crippen LogP contribution in [-0.2, 0) is 10.8 Å². The van der Waals surface area contributed by atoms with Crippen molar-refractivity contribution in [2.45, 2.75) is 49.8 Å². The largest absolute Gasteiger partial charge is 0.327 e. The molecule has 4 atom stereocenters. The van der Waals surface area contributed by atoms with E-state index < -0.39 is 10.8 Å². The molecule has 17 heavy (non-hydrogen) atoms. The minimum atomic E-state index is -0.909. The van der Waals surface area contributed by atoms with Crippen molar-refractivity contribution in [1.82, 2.24) is 0 Å².